The highest BCUT2D eigenvalue weighted by molar-refractivity contribution is 6.01. The lowest BCUT2D eigenvalue weighted by molar-refractivity contribution is -0.125. The third-order valence-corrected chi connectivity index (χ3v) is 4.90. The summed E-state index contributed by atoms with van der Waals surface area (Å²) in [5, 5.41) is 3.06. The van der Waals surface area contributed by atoms with Crippen molar-refractivity contribution >= 4 is 23.2 Å². The maximum absolute atomic E-state index is 12.6. The molecule has 1 aliphatic rings. The van der Waals surface area contributed by atoms with E-state index in [0.717, 1.165) is 35.3 Å². The predicted octanol–water partition coefficient (Wildman–Crippen LogP) is 3.95. The largest absolute Gasteiger partial charge is 0.479 e. The van der Waals surface area contributed by atoms with E-state index < -0.39 is 6.10 Å². The Morgan fingerprint density at radius 3 is 2.41 bits per heavy atom. The van der Waals surface area contributed by atoms with Gasteiger partial charge in [0.2, 0.25) is 5.91 Å². The van der Waals surface area contributed by atoms with Crippen molar-refractivity contribution in [3.8, 4) is 5.75 Å². The van der Waals surface area contributed by atoms with E-state index in [4.69, 9.17) is 4.74 Å². The fraction of sp³-hybridized carbons (Fsp3) is 0.364. The standard InChI is InChI=1S/C22H26N2O3/c1-4-16-9-8-10-17(5-2)21(16)23-20(25)13-14-24-18-11-6-7-12-19(18)27-15(3)22(24)26/h6-12,15H,4-5,13-14H2,1-3H3,(H,23,25)/t15-/m0/s1. The molecule has 2 aromatic carbocycles. The molecule has 0 aliphatic carbocycles. The summed E-state index contributed by atoms with van der Waals surface area (Å²) < 4.78 is 5.65. The van der Waals surface area contributed by atoms with Crippen molar-refractivity contribution < 1.29 is 14.3 Å². The summed E-state index contributed by atoms with van der Waals surface area (Å²) in [6, 6.07) is 13.5. The topological polar surface area (TPSA) is 58.6 Å². The number of anilines is 2. The number of nitrogens with zero attached hydrogens (tertiary/aromatic N) is 1. The second-order valence-electron chi connectivity index (χ2n) is 6.67. The molecule has 0 unspecified atom stereocenters. The number of carbonyl (C=O) groups excluding carboxylic acids is 2. The summed E-state index contributed by atoms with van der Waals surface area (Å²) in [5.74, 6) is 0.467. The molecule has 1 N–H and O–H groups in total. The molecule has 0 spiro atoms. The second-order valence-corrected chi connectivity index (χ2v) is 6.67. The molecular formula is C22H26N2O3. The zero-order valence-corrected chi connectivity index (χ0v) is 16.1. The highest BCUT2D eigenvalue weighted by Crippen LogP contribution is 2.33. The first-order chi connectivity index (χ1) is 13.0. The molecule has 1 aliphatic heterocycles. The number of fused-ring (bicyclic) bond motifs is 1. The molecule has 0 fully saturated rings. The minimum atomic E-state index is -0.546. The quantitative estimate of drug-likeness (QED) is 0.842. The molecule has 1 atom stereocenters. The number of carbonyl (C=O) groups is 2. The number of nitrogens with one attached hydrogen (secondary N) is 1. The maximum Gasteiger partial charge on any atom is 0.267 e. The van der Waals surface area contributed by atoms with Gasteiger partial charge >= 0.3 is 0 Å². The summed E-state index contributed by atoms with van der Waals surface area (Å²) in [7, 11) is 0. The van der Waals surface area contributed by atoms with Crippen LogP contribution in [0.4, 0.5) is 11.4 Å². The van der Waals surface area contributed by atoms with Crippen LogP contribution >= 0.6 is 0 Å². The van der Waals surface area contributed by atoms with Gasteiger partial charge in [0.1, 0.15) is 5.75 Å². The lowest BCUT2D eigenvalue weighted by Gasteiger charge is -2.32. The smallest absolute Gasteiger partial charge is 0.267 e. The molecular weight excluding hydrogens is 340 g/mol. The Morgan fingerprint density at radius 1 is 1.07 bits per heavy atom. The van der Waals surface area contributed by atoms with Crippen molar-refractivity contribution in [2.24, 2.45) is 0 Å². The van der Waals surface area contributed by atoms with Gasteiger partial charge < -0.3 is 15.0 Å². The zero-order chi connectivity index (χ0) is 19.4. The van der Waals surface area contributed by atoms with Crippen molar-refractivity contribution in [3.63, 3.8) is 0 Å². The number of benzene rings is 2. The number of amides is 2. The van der Waals surface area contributed by atoms with E-state index in [1.807, 2.05) is 42.5 Å². The fourth-order valence-electron chi connectivity index (χ4n) is 3.41. The van der Waals surface area contributed by atoms with E-state index in [2.05, 4.69) is 19.2 Å². The molecule has 0 bridgehead atoms. The van der Waals surface area contributed by atoms with Crippen molar-refractivity contribution in [2.75, 3.05) is 16.8 Å². The van der Waals surface area contributed by atoms with Gasteiger partial charge in [0.05, 0.1) is 5.69 Å². The normalized spacial score (nSPS) is 15.9. The Kier molecular flexibility index (Phi) is 5.79. The van der Waals surface area contributed by atoms with E-state index in [1.165, 1.54) is 0 Å². The lowest BCUT2D eigenvalue weighted by Crippen LogP contribution is -2.45. The van der Waals surface area contributed by atoms with Crippen molar-refractivity contribution in [2.45, 2.75) is 46.1 Å². The SMILES string of the molecule is CCc1cccc(CC)c1NC(=O)CCN1C(=O)[C@H](C)Oc2ccccc21. The van der Waals surface area contributed by atoms with Gasteiger partial charge in [-0.25, -0.2) is 0 Å². The first-order valence-electron chi connectivity index (χ1n) is 9.52. The summed E-state index contributed by atoms with van der Waals surface area (Å²) in [4.78, 5) is 26.8. The number of para-hydroxylation sites is 3. The van der Waals surface area contributed by atoms with Gasteiger partial charge in [0.15, 0.2) is 6.10 Å². The van der Waals surface area contributed by atoms with E-state index in [0.29, 0.717) is 12.3 Å². The van der Waals surface area contributed by atoms with Crippen LogP contribution in [0.3, 0.4) is 0 Å². The predicted molar refractivity (Wildman–Crippen MR) is 107 cm³/mol. The molecule has 27 heavy (non-hydrogen) atoms. The van der Waals surface area contributed by atoms with Crippen LogP contribution in [0.5, 0.6) is 5.75 Å². The average Bonchev–Trinajstić information content (AvgIpc) is 2.68. The third-order valence-electron chi connectivity index (χ3n) is 4.90. The molecule has 0 radical (unpaired) electrons. The van der Waals surface area contributed by atoms with E-state index in [9.17, 15) is 9.59 Å². The second kappa shape index (κ2) is 8.25. The highest BCUT2D eigenvalue weighted by Gasteiger charge is 2.31. The van der Waals surface area contributed by atoms with Crippen molar-refractivity contribution in [1.29, 1.82) is 0 Å². The molecule has 142 valence electrons. The molecule has 0 saturated heterocycles. The van der Waals surface area contributed by atoms with Crippen LogP contribution in [0.15, 0.2) is 42.5 Å². The van der Waals surface area contributed by atoms with Gasteiger partial charge in [-0.05, 0) is 43.0 Å². The van der Waals surface area contributed by atoms with Crippen molar-refractivity contribution in [1.82, 2.24) is 0 Å². The Hall–Kier alpha value is -2.82. The average molecular weight is 366 g/mol. The summed E-state index contributed by atoms with van der Waals surface area (Å²) in [6.45, 7) is 6.21. The number of rotatable bonds is 6. The van der Waals surface area contributed by atoms with Crippen LogP contribution in [-0.2, 0) is 22.4 Å². The monoisotopic (exact) mass is 366 g/mol. The van der Waals surface area contributed by atoms with Crippen LogP contribution in [0, 0.1) is 0 Å². The molecule has 2 amide bonds. The highest BCUT2D eigenvalue weighted by atomic mass is 16.5. The van der Waals surface area contributed by atoms with Crippen molar-refractivity contribution in [3.05, 3.63) is 53.6 Å². The van der Waals surface area contributed by atoms with Crippen LogP contribution in [0.2, 0.25) is 0 Å². The summed E-state index contributed by atoms with van der Waals surface area (Å²) in [6.07, 6.45) is 1.40. The van der Waals surface area contributed by atoms with Crippen LogP contribution in [0.1, 0.15) is 38.3 Å². The molecule has 1 heterocycles. The molecule has 0 aromatic heterocycles. The first-order valence-corrected chi connectivity index (χ1v) is 9.52. The molecule has 3 rings (SSSR count). The molecule has 5 heteroatoms. The van der Waals surface area contributed by atoms with Gasteiger partial charge in [0, 0.05) is 18.7 Å². The van der Waals surface area contributed by atoms with Crippen LogP contribution < -0.4 is 15.0 Å². The van der Waals surface area contributed by atoms with Crippen LogP contribution in [-0.4, -0.2) is 24.5 Å². The van der Waals surface area contributed by atoms with Gasteiger partial charge in [0.25, 0.3) is 5.91 Å². The summed E-state index contributed by atoms with van der Waals surface area (Å²) >= 11 is 0. The Balaban J connectivity index is 1.72. The Labute approximate surface area is 160 Å². The fourth-order valence-corrected chi connectivity index (χ4v) is 3.41. The molecule has 5 nitrogen and oxygen atoms in total. The van der Waals surface area contributed by atoms with Gasteiger partial charge in [-0.1, -0.05) is 44.2 Å². The van der Waals surface area contributed by atoms with Crippen LogP contribution in [0.25, 0.3) is 0 Å². The van der Waals surface area contributed by atoms with Gasteiger partial charge in [-0.2, -0.15) is 0 Å². The lowest BCUT2D eigenvalue weighted by atomic mass is 10.0. The third kappa shape index (κ3) is 3.97. The minimum absolute atomic E-state index is 0.0879. The maximum atomic E-state index is 12.6. The molecule has 2 aromatic rings. The Bertz CT molecular complexity index is 825. The summed E-state index contributed by atoms with van der Waals surface area (Å²) in [5.41, 5.74) is 3.89. The Morgan fingerprint density at radius 2 is 1.74 bits per heavy atom. The number of hydrogen-bond donors (Lipinski definition) is 1. The number of hydrogen-bond acceptors (Lipinski definition) is 3. The van der Waals surface area contributed by atoms with Gasteiger partial charge in [-0.3, -0.25) is 9.59 Å². The zero-order valence-electron chi connectivity index (χ0n) is 16.1. The number of ether oxygens (including phenoxy) is 1. The number of aryl methyl sites for hydroxylation is 2. The first kappa shape index (κ1) is 19.0. The molecule has 0 saturated carbocycles. The van der Waals surface area contributed by atoms with E-state index in [-0.39, 0.29) is 18.2 Å². The van der Waals surface area contributed by atoms with E-state index in [1.54, 1.807) is 11.8 Å². The van der Waals surface area contributed by atoms with Gasteiger partial charge in [-0.15, -0.1) is 0 Å². The van der Waals surface area contributed by atoms with E-state index >= 15 is 0 Å². The minimum Gasteiger partial charge on any atom is -0.479 e.